The minimum absolute atomic E-state index is 0.612. The SMILES string of the molecule is Cn1c(-c2ccccn2)nc(-c2ccc(-c3ccncc3)cc2)c1Sc1ccc(Cl)cn1. The molecule has 156 valence electrons. The zero-order chi connectivity index (χ0) is 21.9. The molecule has 0 N–H and O–H groups in total. The third-order valence-electron chi connectivity index (χ3n) is 5.01. The molecule has 0 unspecified atom stereocenters. The van der Waals surface area contributed by atoms with E-state index in [1.165, 1.54) is 0 Å². The van der Waals surface area contributed by atoms with Crippen LogP contribution >= 0.6 is 23.4 Å². The summed E-state index contributed by atoms with van der Waals surface area (Å²) in [5.74, 6) is 0.801. The summed E-state index contributed by atoms with van der Waals surface area (Å²) in [4.78, 5) is 18.0. The molecule has 5 nitrogen and oxygen atoms in total. The van der Waals surface area contributed by atoms with Crippen LogP contribution in [-0.4, -0.2) is 24.5 Å². The van der Waals surface area contributed by atoms with Crippen molar-refractivity contribution < 1.29 is 0 Å². The van der Waals surface area contributed by atoms with Crippen molar-refractivity contribution in [1.82, 2.24) is 24.5 Å². The van der Waals surface area contributed by atoms with E-state index in [9.17, 15) is 0 Å². The van der Waals surface area contributed by atoms with Crippen LogP contribution in [0.2, 0.25) is 5.02 Å². The van der Waals surface area contributed by atoms with E-state index >= 15 is 0 Å². The Labute approximate surface area is 195 Å². The Morgan fingerprint density at radius 2 is 1.53 bits per heavy atom. The first-order chi connectivity index (χ1) is 15.7. The average Bonchev–Trinajstić information content (AvgIpc) is 3.17. The van der Waals surface area contributed by atoms with Gasteiger partial charge in [0.15, 0.2) is 5.82 Å². The fourth-order valence-electron chi connectivity index (χ4n) is 3.40. The molecule has 4 aromatic heterocycles. The van der Waals surface area contributed by atoms with Gasteiger partial charge in [0.05, 0.1) is 5.02 Å². The van der Waals surface area contributed by atoms with E-state index < -0.39 is 0 Å². The molecule has 0 bridgehead atoms. The first kappa shape index (κ1) is 20.4. The molecule has 4 heterocycles. The van der Waals surface area contributed by atoms with Crippen LogP contribution in [0.15, 0.2) is 102 Å². The van der Waals surface area contributed by atoms with E-state index in [0.29, 0.717) is 5.02 Å². The van der Waals surface area contributed by atoms with Gasteiger partial charge in [0, 0.05) is 37.4 Å². The van der Waals surface area contributed by atoms with E-state index in [1.54, 1.807) is 36.5 Å². The van der Waals surface area contributed by atoms with E-state index in [2.05, 4.69) is 43.8 Å². The van der Waals surface area contributed by atoms with Crippen LogP contribution in [0.4, 0.5) is 0 Å². The molecule has 0 radical (unpaired) electrons. The molecule has 0 aliphatic rings. The zero-order valence-electron chi connectivity index (χ0n) is 17.2. The van der Waals surface area contributed by atoms with Crippen LogP contribution in [-0.2, 0) is 7.05 Å². The lowest BCUT2D eigenvalue weighted by molar-refractivity contribution is 0.830. The Morgan fingerprint density at radius 3 is 2.22 bits per heavy atom. The zero-order valence-corrected chi connectivity index (χ0v) is 18.8. The minimum atomic E-state index is 0.612. The Hall–Kier alpha value is -3.48. The maximum Gasteiger partial charge on any atom is 0.159 e. The molecule has 0 atom stereocenters. The number of halogens is 1. The van der Waals surface area contributed by atoms with E-state index in [0.717, 1.165) is 44.0 Å². The highest BCUT2D eigenvalue weighted by atomic mass is 35.5. The lowest BCUT2D eigenvalue weighted by Gasteiger charge is -2.08. The second kappa shape index (κ2) is 8.94. The number of pyridine rings is 3. The molecule has 0 aliphatic heterocycles. The predicted molar refractivity (Wildman–Crippen MR) is 128 cm³/mol. The fourth-order valence-corrected chi connectivity index (χ4v) is 4.43. The molecule has 1 aromatic carbocycles. The number of aromatic nitrogens is 5. The van der Waals surface area contributed by atoms with Gasteiger partial charge in [-0.05, 0) is 59.3 Å². The number of imidazole rings is 1. The summed E-state index contributed by atoms with van der Waals surface area (Å²) in [5.41, 5.74) is 4.99. The van der Waals surface area contributed by atoms with Crippen LogP contribution in [0.3, 0.4) is 0 Å². The molecule has 0 amide bonds. The summed E-state index contributed by atoms with van der Waals surface area (Å²) in [6.45, 7) is 0. The van der Waals surface area contributed by atoms with Gasteiger partial charge in [0.25, 0.3) is 0 Å². The van der Waals surface area contributed by atoms with Gasteiger partial charge >= 0.3 is 0 Å². The summed E-state index contributed by atoms with van der Waals surface area (Å²) in [5, 5.41) is 2.44. The number of nitrogens with zero attached hydrogens (tertiary/aromatic N) is 5. The van der Waals surface area contributed by atoms with Gasteiger partial charge in [-0.25, -0.2) is 9.97 Å². The third-order valence-corrected chi connectivity index (χ3v) is 6.34. The molecule has 0 saturated carbocycles. The van der Waals surface area contributed by atoms with Gasteiger partial charge < -0.3 is 4.57 Å². The maximum absolute atomic E-state index is 6.02. The normalized spacial score (nSPS) is 10.9. The summed E-state index contributed by atoms with van der Waals surface area (Å²) in [6.07, 6.45) is 7.04. The van der Waals surface area contributed by atoms with E-state index in [1.807, 2.05) is 49.5 Å². The van der Waals surface area contributed by atoms with Crippen molar-refractivity contribution in [1.29, 1.82) is 0 Å². The Balaban J connectivity index is 1.59. The number of benzene rings is 1. The van der Waals surface area contributed by atoms with Gasteiger partial charge in [-0.3, -0.25) is 9.97 Å². The maximum atomic E-state index is 6.02. The Kier molecular flexibility index (Phi) is 5.71. The van der Waals surface area contributed by atoms with Crippen molar-refractivity contribution in [2.45, 2.75) is 10.1 Å². The van der Waals surface area contributed by atoms with Crippen molar-refractivity contribution in [2.75, 3.05) is 0 Å². The van der Waals surface area contributed by atoms with Gasteiger partial charge in [0.1, 0.15) is 21.4 Å². The number of rotatable bonds is 5. The molecular weight excluding hydrogens is 438 g/mol. The Bertz CT molecular complexity index is 1340. The monoisotopic (exact) mass is 455 g/mol. The molecule has 32 heavy (non-hydrogen) atoms. The highest BCUT2D eigenvalue weighted by molar-refractivity contribution is 7.99. The van der Waals surface area contributed by atoms with Crippen molar-refractivity contribution in [3.8, 4) is 33.9 Å². The smallest absolute Gasteiger partial charge is 0.159 e. The van der Waals surface area contributed by atoms with Crippen molar-refractivity contribution in [2.24, 2.45) is 7.05 Å². The molecule has 0 fully saturated rings. The third kappa shape index (κ3) is 4.15. The van der Waals surface area contributed by atoms with Gasteiger partial charge in [0.2, 0.25) is 0 Å². The van der Waals surface area contributed by atoms with Crippen LogP contribution in [0.5, 0.6) is 0 Å². The van der Waals surface area contributed by atoms with Crippen molar-refractivity contribution in [3.63, 3.8) is 0 Å². The summed E-state index contributed by atoms with van der Waals surface area (Å²) in [7, 11) is 2.00. The highest BCUT2D eigenvalue weighted by Crippen LogP contribution is 2.38. The van der Waals surface area contributed by atoms with Gasteiger partial charge in [-0.1, -0.05) is 41.9 Å². The first-order valence-electron chi connectivity index (χ1n) is 9.97. The predicted octanol–water partition coefficient (Wildman–Crippen LogP) is 6.41. The average molecular weight is 456 g/mol. The standard InChI is InChI=1S/C25H18ClN5S/c1-31-24(21-4-2-3-13-28-21)30-23(25(31)32-22-10-9-20(26)16-29-22)19-7-5-17(6-8-19)18-11-14-27-15-12-18/h2-16H,1H3. The Morgan fingerprint density at radius 1 is 0.781 bits per heavy atom. The van der Waals surface area contributed by atoms with E-state index in [-0.39, 0.29) is 0 Å². The molecule has 0 saturated heterocycles. The highest BCUT2D eigenvalue weighted by Gasteiger charge is 2.20. The molecular formula is C25H18ClN5S. The van der Waals surface area contributed by atoms with Crippen LogP contribution < -0.4 is 0 Å². The van der Waals surface area contributed by atoms with Gasteiger partial charge in [-0.15, -0.1) is 0 Å². The fraction of sp³-hybridized carbons (Fsp3) is 0.0400. The molecule has 5 rings (SSSR count). The first-order valence-corrected chi connectivity index (χ1v) is 11.2. The number of hydrogen-bond acceptors (Lipinski definition) is 5. The van der Waals surface area contributed by atoms with E-state index in [4.69, 9.17) is 16.6 Å². The van der Waals surface area contributed by atoms with Gasteiger partial charge in [-0.2, -0.15) is 0 Å². The van der Waals surface area contributed by atoms with Crippen LogP contribution in [0.25, 0.3) is 33.9 Å². The lowest BCUT2D eigenvalue weighted by atomic mass is 10.0. The van der Waals surface area contributed by atoms with Crippen molar-refractivity contribution in [3.05, 3.63) is 96.5 Å². The van der Waals surface area contributed by atoms with Crippen LogP contribution in [0.1, 0.15) is 0 Å². The second-order valence-electron chi connectivity index (χ2n) is 7.09. The minimum Gasteiger partial charge on any atom is -0.320 e. The second-order valence-corrected chi connectivity index (χ2v) is 8.54. The van der Waals surface area contributed by atoms with Crippen LogP contribution in [0, 0.1) is 0 Å². The summed E-state index contributed by atoms with van der Waals surface area (Å²) < 4.78 is 2.06. The number of hydrogen-bond donors (Lipinski definition) is 0. The lowest BCUT2D eigenvalue weighted by Crippen LogP contribution is -1.96. The molecule has 0 aliphatic carbocycles. The summed E-state index contributed by atoms with van der Waals surface area (Å²) in [6, 6.07) is 22.0. The largest absolute Gasteiger partial charge is 0.320 e. The van der Waals surface area contributed by atoms with Crippen molar-refractivity contribution >= 4 is 23.4 Å². The topological polar surface area (TPSA) is 56.5 Å². The molecule has 0 spiro atoms. The quantitative estimate of drug-likeness (QED) is 0.306. The molecule has 5 aromatic rings. The molecule has 7 heteroatoms. The summed E-state index contributed by atoms with van der Waals surface area (Å²) >= 11 is 7.58.